The van der Waals surface area contributed by atoms with E-state index in [9.17, 15) is 18.0 Å². The van der Waals surface area contributed by atoms with Crippen LogP contribution in [0.4, 0.5) is 13.2 Å². The Hall–Kier alpha value is -1.35. The summed E-state index contributed by atoms with van der Waals surface area (Å²) < 4.78 is 36.6. The fraction of sp³-hybridized carbons (Fsp3) is 0.714. The SMILES string of the molecule is O=C(O)C(F)(F)F.O=C(O)C1CNCCO1. The van der Waals surface area contributed by atoms with E-state index in [1.54, 1.807) is 0 Å². The van der Waals surface area contributed by atoms with E-state index in [0.29, 0.717) is 13.2 Å². The molecule has 6 nitrogen and oxygen atoms in total. The van der Waals surface area contributed by atoms with E-state index in [1.807, 2.05) is 0 Å². The molecule has 1 aliphatic heterocycles. The van der Waals surface area contributed by atoms with Gasteiger partial charge in [0.1, 0.15) is 0 Å². The van der Waals surface area contributed by atoms with E-state index in [-0.39, 0.29) is 0 Å². The zero-order valence-corrected chi connectivity index (χ0v) is 7.95. The monoisotopic (exact) mass is 245 g/mol. The number of halogens is 3. The fourth-order valence-electron chi connectivity index (χ4n) is 0.724. The second-order valence-corrected chi connectivity index (χ2v) is 2.70. The minimum absolute atomic E-state index is 0.426. The highest BCUT2D eigenvalue weighted by atomic mass is 19.4. The summed E-state index contributed by atoms with van der Waals surface area (Å²) in [5, 5.41) is 18.4. The van der Waals surface area contributed by atoms with Gasteiger partial charge < -0.3 is 20.3 Å². The van der Waals surface area contributed by atoms with Crippen LogP contribution in [0.2, 0.25) is 0 Å². The van der Waals surface area contributed by atoms with Gasteiger partial charge in [-0.2, -0.15) is 13.2 Å². The van der Waals surface area contributed by atoms with Crippen molar-refractivity contribution in [3.63, 3.8) is 0 Å². The molecule has 1 saturated heterocycles. The Labute approximate surface area is 88.0 Å². The molecule has 0 aromatic heterocycles. The van der Waals surface area contributed by atoms with Gasteiger partial charge in [0.2, 0.25) is 0 Å². The number of carboxylic acids is 2. The number of carboxylic acid groups (broad SMARTS) is 2. The first-order valence-electron chi connectivity index (χ1n) is 4.10. The van der Waals surface area contributed by atoms with Crippen molar-refractivity contribution in [2.75, 3.05) is 19.7 Å². The van der Waals surface area contributed by atoms with Crippen molar-refractivity contribution in [2.45, 2.75) is 12.3 Å². The third kappa shape index (κ3) is 6.19. The first kappa shape index (κ1) is 14.6. The lowest BCUT2D eigenvalue weighted by molar-refractivity contribution is -0.192. The van der Waals surface area contributed by atoms with Crippen molar-refractivity contribution in [1.29, 1.82) is 0 Å². The number of nitrogens with one attached hydrogen (secondary N) is 1. The zero-order valence-electron chi connectivity index (χ0n) is 7.95. The van der Waals surface area contributed by atoms with Crippen LogP contribution in [0, 0.1) is 0 Å². The quantitative estimate of drug-likeness (QED) is 0.586. The number of carbonyl (C=O) groups is 2. The number of hydrogen-bond acceptors (Lipinski definition) is 4. The summed E-state index contributed by atoms with van der Waals surface area (Å²) in [5.41, 5.74) is 0. The van der Waals surface area contributed by atoms with E-state index in [4.69, 9.17) is 19.7 Å². The Morgan fingerprint density at radius 2 is 1.81 bits per heavy atom. The molecule has 94 valence electrons. The maximum atomic E-state index is 10.6. The van der Waals surface area contributed by atoms with Gasteiger partial charge in [-0.1, -0.05) is 0 Å². The van der Waals surface area contributed by atoms with E-state index >= 15 is 0 Å². The molecule has 1 heterocycles. The van der Waals surface area contributed by atoms with E-state index in [0.717, 1.165) is 6.54 Å². The number of morpholine rings is 1. The maximum absolute atomic E-state index is 10.6. The predicted molar refractivity (Wildman–Crippen MR) is 43.9 cm³/mol. The van der Waals surface area contributed by atoms with Crippen LogP contribution in [0.5, 0.6) is 0 Å². The maximum Gasteiger partial charge on any atom is 0.490 e. The molecule has 0 aromatic carbocycles. The third-order valence-corrected chi connectivity index (χ3v) is 1.45. The van der Waals surface area contributed by atoms with Gasteiger partial charge in [-0.3, -0.25) is 0 Å². The van der Waals surface area contributed by atoms with Crippen molar-refractivity contribution >= 4 is 11.9 Å². The van der Waals surface area contributed by atoms with Gasteiger partial charge in [0.05, 0.1) is 6.61 Å². The van der Waals surface area contributed by atoms with Crippen LogP contribution in [0.25, 0.3) is 0 Å². The van der Waals surface area contributed by atoms with Crippen molar-refractivity contribution in [1.82, 2.24) is 5.32 Å². The Bertz CT molecular complexity index is 249. The molecular formula is C7H10F3NO5. The molecular weight excluding hydrogens is 235 g/mol. The molecule has 0 aliphatic carbocycles. The van der Waals surface area contributed by atoms with E-state index in [1.165, 1.54) is 0 Å². The number of aliphatic carboxylic acids is 2. The summed E-state index contributed by atoms with van der Waals surface area (Å²) in [6.45, 7) is 1.68. The standard InChI is InChI=1S/C5H9NO3.C2HF3O2/c7-5(8)4-3-6-1-2-9-4;3-2(4,5)1(6)7/h4,6H,1-3H2,(H,7,8);(H,6,7). The molecule has 1 atom stereocenters. The van der Waals surface area contributed by atoms with Crippen molar-refractivity contribution < 1.29 is 37.7 Å². The van der Waals surface area contributed by atoms with Gasteiger partial charge in [0, 0.05) is 13.1 Å². The van der Waals surface area contributed by atoms with Gasteiger partial charge in [0.25, 0.3) is 0 Å². The highest BCUT2D eigenvalue weighted by molar-refractivity contribution is 5.73. The van der Waals surface area contributed by atoms with Crippen molar-refractivity contribution in [3.05, 3.63) is 0 Å². The second-order valence-electron chi connectivity index (χ2n) is 2.70. The number of hydrogen-bond donors (Lipinski definition) is 3. The Morgan fingerprint density at radius 3 is 2.00 bits per heavy atom. The molecule has 1 aliphatic rings. The molecule has 3 N–H and O–H groups in total. The molecule has 0 spiro atoms. The summed E-state index contributed by atoms with van der Waals surface area (Å²) in [6.07, 6.45) is -5.72. The van der Waals surface area contributed by atoms with Gasteiger partial charge >= 0.3 is 18.1 Å². The smallest absolute Gasteiger partial charge is 0.479 e. The van der Waals surface area contributed by atoms with Crippen LogP contribution in [-0.2, 0) is 14.3 Å². The number of rotatable bonds is 1. The van der Waals surface area contributed by atoms with Gasteiger partial charge in [-0.25, -0.2) is 9.59 Å². The normalized spacial score (nSPS) is 20.6. The van der Waals surface area contributed by atoms with Crippen LogP contribution >= 0.6 is 0 Å². The summed E-state index contributed by atoms with van der Waals surface area (Å²) in [5.74, 6) is -3.64. The molecule has 0 radical (unpaired) electrons. The second kappa shape index (κ2) is 6.28. The Kier molecular flexibility index (Phi) is 5.75. The van der Waals surface area contributed by atoms with Crippen LogP contribution in [-0.4, -0.2) is 54.1 Å². The Balaban J connectivity index is 0.000000293. The molecule has 1 fully saturated rings. The van der Waals surface area contributed by atoms with Gasteiger partial charge in [-0.05, 0) is 0 Å². The highest BCUT2D eigenvalue weighted by Crippen LogP contribution is 2.13. The summed E-state index contributed by atoms with van der Waals surface area (Å²) in [4.78, 5) is 19.1. The molecule has 9 heteroatoms. The first-order valence-corrected chi connectivity index (χ1v) is 4.10. The van der Waals surface area contributed by atoms with Crippen LogP contribution in [0.1, 0.15) is 0 Å². The lowest BCUT2D eigenvalue weighted by atomic mass is 10.3. The van der Waals surface area contributed by atoms with Crippen LogP contribution in [0.15, 0.2) is 0 Å². The predicted octanol–water partition coefficient (Wildman–Crippen LogP) is -0.307. The summed E-state index contributed by atoms with van der Waals surface area (Å²) >= 11 is 0. The van der Waals surface area contributed by atoms with E-state index < -0.39 is 24.2 Å². The van der Waals surface area contributed by atoms with Crippen LogP contribution < -0.4 is 5.32 Å². The fourth-order valence-corrected chi connectivity index (χ4v) is 0.724. The minimum atomic E-state index is -5.08. The van der Waals surface area contributed by atoms with Crippen LogP contribution in [0.3, 0.4) is 0 Å². The van der Waals surface area contributed by atoms with E-state index in [2.05, 4.69) is 5.32 Å². The lowest BCUT2D eigenvalue weighted by Crippen LogP contribution is -2.42. The average molecular weight is 245 g/mol. The molecule has 16 heavy (non-hydrogen) atoms. The molecule has 0 aromatic rings. The molecule has 1 rings (SSSR count). The van der Waals surface area contributed by atoms with Gasteiger partial charge in [-0.15, -0.1) is 0 Å². The Morgan fingerprint density at radius 1 is 1.31 bits per heavy atom. The minimum Gasteiger partial charge on any atom is -0.479 e. The molecule has 0 amide bonds. The molecule has 1 unspecified atom stereocenters. The number of alkyl halides is 3. The average Bonchev–Trinajstić information content (AvgIpc) is 2.18. The largest absolute Gasteiger partial charge is 0.490 e. The van der Waals surface area contributed by atoms with Crippen molar-refractivity contribution in [3.8, 4) is 0 Å². The van der Waals surface area contributed by atoms with Gasteiger partial charge in [0.15, 0.2) is 6.10 Å². The topological polar surface area (TPSA) is 95.9 Å². The third-order valence-electron chi connectivity index (χ3n) is 1.45. The highest BCUT2D eigenvalue weighted by Gasteiger charge is 2.38. The molecule has 0 bridgehead atoms. The first-order chi connectivity index (χ1) is 7.25. The molecule has 0 saturated carbocycles. The zero-order chi connectivity index (χ0) is 12.8. The summed E-state index contributed by atoms with van der Waals surface area (Å²) in [6, 6.07) is 0. The summed E-state index contributed by atoms with van der Waals surface area (Å²) in [7, 11) is 0. The lowest BCUT2D eigenvalue weighted by Gasteiger charge is -2.19. The van der Waals surface area contributed by atoms with Crippen molar-refractivity contribution in [2.24, 2.45) is 0 Å². The number of ether oxygens (including phenoxy) is 1.